The normalized spacial score (nSPS) is 14.2. The Bertz CT molecular complexity index is 570. The third kappa shape index (κ3) is 1.72. The Morgan fingerprint density at radius 2 is 1.82 bits per heavy atom. The van der Waals surface area contributed by atoms with Crippen LogP contribution in [-0.4, -0.2) is 11.5 Å². The van der Waals surface area contributed by atoms with Crippen LogP contribution in [0.1, 0.15) is 18.1 Å². The molecule has 3 rings (SSSR count). The SMILES string of the molecule is CC1=C(c2ccncc2)CNc2ccccc21. The van der Waals surface area contributed by atoms with Crippen LogP contribution in [0.2, 0.25) is 0 Å². The zero-order chi connectivity index (χ0) is 11.7. The Morgan fingerprint density at radius 3 is 2.65 bits per heavy atom. The van der Waals surface area contributed by atoms with Crippen LogP contribution in [0.3, 0.4) is 0 Å². The molecule has 1 aliphatic heterocycles. The molecule has 0 saturated heterocycles. The van der Waals surface area contributed by atoms with Crippen molar-refractivity contribution in [1.29, 1.82) is 0 Å². The average Bonchev–Trinajstić information content (AvgIpc) is 2.40. The third-order valence-electron chi connectivity index (χ3n) is 3.27. The first kappa shape index (κ1) is 10.1. The smallest absolute Gasteiger partial charge is 0.0419 e. The van der Waals surface area contributed by atoms with E-state index in [-0.39, 0.29) is 0 Å². The van der Waals surface area contributed by atoms with Gasteiger partial charge in [0.05, 0.1) is 0 Å². The zero-order valence-electron chi connectivity index (χ0n) is 9.77. The fourth-order valence-electron chi connectivity index (χ4n) is 2.31. The Morgan fingerprint density at radius 1 is 1.06 bits per heavy atom. The number of allylic oxidation sites excluding steroid dienone is 1. The van der Waals surface area contributed by atoms with Crippen molar-refractivity contribution in [2.24, 2.45) is 0 Å². The maximum absolute atomic E-state index is 4.07. The molecule has 2 aromatic rings. The molecule has 1 aromatic carbocycles. The van der Waals surface area contributed by atoms with Gasteiger partial charge in [-0.25, -0.2) is 0 Å². The minimum atomic E-state index is 0.882. The second kappa shape index (κ2) is 4.06. The second-order valence-corrected chi connectivity index (χ2v) is 4.24. The summed E-state index contributed by atoms with van der Waals surface area (Å²) < 4.78 is 0. The van der Waals surface area contributed by atoms with Gasteiger partial charge in [-0.15, -0.1) is 0 Å². The molecule has 0 atom stereocenters. The largest absolute Gasteiger partial charge is 0.380 e. The lowest BCUT2D eigenvalue weighted by atomic mass is 9.92. The van der Waals surface area contributed by atoms with Crippen LogP contribution in [0.4, 0.5) is 5.69 Å². The van der Waals surface area contributed by atoms with Gasteiger partial charge in [0.15, 0.2) is 0 Å². The molecular weight excluding hydrogens is 208 g/mol. The van der Waals surface area contributed by atoms with Crippen molar-refractivity contribution in [3.05, 3.63) is 59.9 Å². The summed E-state index contributed by atoms with van der Waals surface area (Å²) in [5.74, 6) is 0. The van der Waals surface area contributed by atoms with Crippen LogP contribution in [0, 0.1) is 0 Å². The van der Waals surface area contributed by atoms with E-state index in [9.17, 15) is 0 Å². The number of fused-ring (bicyclic) bond motifs is 1. The van der Waals surface area contributed by atoms with Gasteiger partial charge in [0, 0.05) is 30.2 Å². The average molecular weight is 222 g/mol. The number of nitrogens with zero attached hydrogens (tertiary/aromatic N) is 1. The zero-order valence-corrected chi connectivity index (χ0v) is 9.77. The van der Waals surface area contributed by atoms with Gasteiger partial charge in [0.2, 0.25) is 0 Å². The van der Waals surface area contributed by atoms with Crippen molar-refractivity contribution in [3.63, 3.8) is 0 Å². The van der Waals surface area contributed by atoms with Gasteiger partial charge < -0.3 is 5.32 Å². The van der Waals surface area contributed by atoms with Crippen LogP contribution in [0.25, 0.3) is 11.1 Å². The predicted molar refractivity (Wildman–Crippen MR) is 71.7 cm³/mol. The van der Waals surface area contributed by atoms with E-state index in [4.69, 9.17) is 0 Å². The standard InChI is InChI=1S/C15H14N2/c1-11-13-4-2-3-5-15(13)17-10-14(11)12-6-8-16-9-7-12/h2-9,17H,10H2,1H3. The number of benzene rings is 1. The summed E-state index contributed by atoms with van der Waals surface area (Å²) in [6.45, 7) is 3.07. The molecule has 2 nitrogen and oxygen atoms in total. The van der Waals surface area contributed by atoms with Crippen LogP contribution in [0.15, 0.2) is 48.8 Å². The first-order valence-electron chi connectivity index (χ1n) is 5.79. The number of para-hydroxylation sites is 1. The van der Waals surface area contributed by atoms with Crippen molar-refractivity contribution in [3.8, 4) is 0 Å². The summed E-state index contributed by atoms with van der Waals surface area (Å²) in [6.07, 6.45) is 3.69. The highest BCUT2D eigenvalue weighted by atomic mass is 14.9. The topological polar surface area (TPSA) is 24.9 Å². The Kier molecular flexibility index (Phi) is 2.41. The molecule has 0 spiro atoms. The van der Waals surface area contributed by atoms with E-state index in [2.05, 4.69) is 53.6 Å². The fourth-order valence-corrected chi connectivity index (χ4v) is 2.31. The van der Waals surface area contributed by atoms with Crippen LogP contribution < -0.4 is 5.32 Å². The summed E-state index contributed by atoms with van der Waals surface area (Å²) in [7, 11) is 0. The quantitative estimate of drug-likeness (QED) is 0.799. The lowest BCUT2D eigenvalue weighted by molar-refractivity contribution is 1.26. The molecule has 2 heterocycles. The maximum Gasteiger partial charge on any atom is 0.0419 e. The van der Waals surface area contributed by atoms with Gasteiger partial charge in [-0.1, -0.05) is 18.2 Å². The number of anilines is 1. The summed E-state index contributed by atoms with van der Waals surface area (Å²) in [5.41, 5.74) is 6.48. The van der Waals surface area contributed by atoms with E-state index in [1.54, 1.807) is 0 Å². The molecular formula is C15H14N2. The molecule has 0 radical (unpaired) electrons. The summed E-state index contributed by atoms with van der Waals surface area (Å²) in [6, 6.07) is 12.6. The molecule has 0 saturated carbocycles. The molecule has 1 aliphatic rings. The van der Waals surface area contributed by atoms with Gasteiger partial charge in [-0.2, -0.15) is 0 Å². The van der Waals surface area contributed by atoms with Crippen LogP contribution in [-0.2, 0) is 0 Å². The summed E-state index contributed by atoms with van der Waals surface area (Å²) >= 11 is 0. The molecule has 84 valence electrons. The highest BCUT2D eigenvalue weighted by Gasteiger charge is 2.15. The molecule has 1 N–H and O–H groups in total. The molecule has 2 heteroatoms. The van der Waals surface area contributed by atoms with E-state index in [0.29, 0.717) is 0 Å². The van der Waals surface area contributed by atoms with E-state index in [1.165, 1.54) is 28.0 Å². The molecule has 0 amide bonds. The van der Waals surface area contributed by atoms with Gasteiger partial charge in [0.1, 0.15) is 0 Å². The number of nitrogens with one attached hydrogen (secondary N) is 1. The van der Waals surface area contributed by atoms with Crippen LogP contribution >= 0.6 is 0 Å². The third-order valence-corrected chi connectivity index (χ3v) is 3.27. The number of rotatable bonds is 1. The van der Waals surface area contributed by atoms with Crippen LogP contribution in [0.5, 0.6) is 0 Å². The first-order valence-corrected chi connectivity index (χ1v) is 5.79. The molecule has 17 heavy (non-hydrogen) atoms. The Hall–Kier alpha value is -2.09. The summed E-state index contributed by atoms with van der Waals surface area (Å²) in [5, 5.41) is 3.46. The predicted octanol–water partition coefficient (Wildman–Crippen LogP) is 3.44. The minimum absolute atomic E-state index is 0.882. The molecule has 0 unspecified atom stereocenters. The van der Waals surface area contributed by atoms with E-state index >= 15 is 0 Å². The van der Waals surface area contributed by atoms with Crippen molar-refractivity contribution in [2.45, 2.75) is 6.92 Å². The molecule has 1 aromatic heterocycles. The number of aromatic nitrogens is 1. The number of pyridine rings is 1. The van der Waals surface area contributed by atoms with E-state index in [1.807, 2.05) is 12.4 Å². The van der Waals surface area contributed by atoms with E-state index in [0.717, 1.165) is 6.54 Å². The highest BCUT2D eigenvalue weighted by molar-refractivity contribution is 5.97. The number of hydrogen-bond acceptors (Lipinski definition) is 2. The maximum atomic E-state index is 4.07. The minimum Gasteiger partial charge on any atom is -0.380 e. The monoisotopic (exact) mass is 222 g/mol. The number of hydrogen-bond donors (Lipinski definition) is 1. The Labute approximate surface area is 101 Å². The Balaban J connectivity index is 2.14. The summed E-state index contributed by atoms with van der Waals surface area (Å²) in [4.78, 5) is 4.07. The first-order chi connectivity index (χ1) is 8.36. The van der Waals surface area contributed by atoms with Crippen molar-refractivity contribution < 1.29 is 0 Å². The molecule has 0 bridgehead atoms. The lowest BCUT2D eigenvalue weighted by Gasteiger charge is -2.23. The van der Waals surface area contributed by atoms with Crippen molar-refractivity contribution >= 4 is 16.8 Å². The molecule has 0 aliphatic carbocycles. The lowest BCUT2D eigenvalue weighted by Crippen LogP contribution is -2.12. The fraction of sp³-hybridized carbons (Fsp3) is 0.133. The van der Waals surface area contributed by atoms with Gasteiger partial charge in [-0.05, 0) is 41.8 Å². The van der Waals surface area contributed by atoms with Gasteiger partial charge in [0.25, 0.3) is 0 Å². The van der Waals surface area contributed by atoms with Crippen molar-refractivity contribution in [2.75, 3.05) is 11.9 Å². The van der Waals surface area contributed by atoms with E-state index < -0.39 is 0 Å². The second-order valence-electron chi connectivity index (χ2n) is 4.24. The molecule has 0 fully saturated rings. The van der Waals surface area contributed by atoms with Gasteiger partial charge in [-0.3, -0.25) is 4.98 Å². The van der Waals surface area contributed by atoms with Gasteiger partial charge >= 0.3 is 0 Å². The van der Waals surface area contributed by atoms with Crippen molar-refractivity contribution in [1.82, 2.24) is 4.98 Å². The highest BCUT2D eigenvalue weighted by Crippen LogP contribution is 2.34.